The Morgan fingerprint density at radius 1 is 1.15 bits per heavy atom. The lowest BCUT2D eigenvalue weighted by Crippen LogP contribution is -2.17. The van der Waals surface area contributed by atoms with Gasteiger partial charge in [0.25, 0.3) is 5.91 Å². The Bertz CT molecular complexity index is 671. The van der Waals surface area contributed by atoms with Gasteiger partial charge < -0.3 is 10.2 Å². The Labute approximate surface area is 120 Å². The number of halogens is 1. The van der Waals surface area contributed by atoms with Gasteiger partial charge in [-0.05, 0) is 24.3 Å². The lowest BCUT2D eigenvalue weighted by atomic mass is 10.2. The minimum atomic E-state index is -0.555. The first-order chi connectivity index (χ1) is 9.59. The summed E-state index contributed by atoms with van der Waals surface area (Å²) in [7, 11) is 0. The second kappa shape index (κ2) is 6.08. The van der Waals surface area contributed by atoms with Crippen molar-refractivity contribution in [3.05, 3.63) is 58.6 Å². The van der Waals surface area contributed by atoms with Crippen molar-refractivity contribution in [2.45, 2.75) is 0 Å². The van der Waals surface area contributed by atoms with E-state index in [9.17, 15) is 15.0 Å². The standard InChI is InChI=1S/C14H11ClN2O3/c15-11-6-3-4-9(13(11)19)8-16-17-14(20)10-5-1-2-7-12(10)18/h1-8,18-19H,(H,17,20). The molecule has 0 aliphatic heterocycles. The Hall–Kier alpha value is -2.53. The predicted molar refractivity (Wildman–Crippen MR) is 76.3 cm³/mol. The van der Waals surface area contributed by atoms with E-state index in [1.807, 2.05) is 0 Å². The van der Waals surface area contributed by atoms with E-state index in [4.69, 9.17) is 11.6 Å². The zero-order chi connectivity index (χ0) is 14.5. The number of nitrogens with one attached hydrogen (secondary N) is 1. The van der Waals surface area contributed by atoms with E-state index < -0.39 is 5.91 Å². The molecule has 0 heterocycles. The number of rotatable bonds is 3. The summed E-state index contributed by atoms with van der Waals surface area (Å²) in [5.41, 5.74) is 2.73. The summed E-state index contributed by atoms with van der Waals surface area (Å²) in [5.74, 6) is -0.804. The molecule has 2 aromatic rings. The number of aromatic hydroxyl groups is 2. The zero-order valence-electron chi connectivity index (χ0n) is 10.2. The van der Waals surface area contributed by atoms with Crippen molar-refractivity contribution < 1.29 is 15.0 Å². The van der Waals surface area contributed by atoms with Gasteiger partial charge in [-0.3, -0.25) is 4.79 Å². The van der Waals surface area contributed by atoms with Crippen molar-refractivity contribution in [3.8, 4) is 11.5 Å². The van der Waals surface area contributed by atoms with E-state index in [0.29, 0.717) is 5.56 Å². The third kappa shape index (κ3) is 3.07. The summed E-state index contributed by atoms with van der Waals surface area (Å²) in [6.45, 7) is 0. The van der Waals surface area contributed by atoms with Gasteiger partial charge in [-0.15, -0.1) is 0 Å². The van der Waals surface area contributed by atoms with Crippen LogP contribution in [0.4, 0.5) is 0 Å². The van der Waals surface area contributed by atoms with Crippen LogP contribution in [0.25, 0.3) is 0 Å². The number of benzene rings is 2. The van der Waals surface area contributed by atoms with Gasteiger partial charge in [-0.1, -0.05) is 29.8 Å². The van der Waals surface area contributed by atoms with Gasteiger partial charge in [0.1, 0.15) is 11.5 Å². The van der Waals surface area contributed by atoms with Crippen molar-refractivity contribution in [2.24, 2.45) is 5.10 Å². The minimum Gasteiger partial charge on any atom is -0.507 e. The summed E-state index contributed by atoms with van der Waals surface area (Å²) in [6, 6.07) is 10.9. The van der Waals surface area contributed by atoms with Gasteiger partial charge in [-0.25, -0.2) is 5.43 Å². The summed E-state index contributed by atoms with van der Waals surface area (Å²) < 4.78 is 0. The molecule has 0 fully saturated rings. The van der Waals surface area contributed by atoms with Crippen LogP contribution in [-0.2, 0) is 0 Å². The second-order valence-corrected chi connectivity index (χ2v) is 4.30. The minimum absolute atomic E-state index is 0.111. The molecule has 6 heteroatoms. The lowest BCUT2D eigenvalue weighted by Gasteiger charge is -2.03. The maximum atomic E-state index is 11.7. The molecule has 0 spiro atoms. The molecule has 3 N–H and O–H groups in total. The van der Waals surface area contributed by atoms with Gasteiger partial charge in [0.2, 0.25) is 0 Å². The van der Waals surface area contributed by atoms with Crippen molar-refractivity contribution in [2.75, 3.05) is 0 Å². The Kier molecular flexibility index (Phi) is 4.22. The van der Waals surface area contributed by atoms with Crippen LogP contribution in [0.3, 0.4) is 0 Å². The highest BCUT2D eigenvalue weighted by Crippen LogP contribution is 2.25. The van der Waals surface area contributed by atoms with Crippen LogP contribution in [0.5, 0.6) is 11.5 Å². The smallest absolute Gasteiger partial charge is 0.275 e. The Morgan fingerprint density at radius 2 is 1.90 bits per heavy atom. The van der Waals surface area contributed by atoms with Crippen LogP contribution in [0, 0.1) is 0 Å². The highest BCUT2D eigenvalue weighted by atomic mass is 35.5. The quantitative estimate of drug-likeness (QED) is 0.600. The molecular weight excluding hydrogens is 280 g/mol. The molecule has 102 valence electrons. The van der Waals surface area contributed by atoms with Gasteiger partial charge in [0.05, 0.1) is 16.8 Å². The number of carbonyl (C=O) groups excluding carboxylic acids is 1. The monoisotopic (exact) mass is 290 g/mol. The molecule has 0 aromatic heterocycles. The molecular formula is C14H11ClN2O3. The molecule has 0 aliphatic carbocycles. The number of phenols is 2. The third-order valence-electron chi connectivity index (χ3n) is 2.54. The molecule has 0 bridgehead atoms. The van der Waals surface area contributed by atoms with E-state index in [-0.39, 0.29) is 22.1 Å². The second-order valence-electron chi connectivity index (χ2n) is 3.89. The van der Waals surface area contributed by atoms with E-state index in [1.165, 1.54) is 24.4 Å². The topological polar surface area (TPSA) is 81.9 Å². The average Bonchev–Trinajstić information content (AvgIpc) is 2.44. The van der Waals surface area contributed by atoms with Crippen LogP contribution in [0.1, 0.15) is 15.9 Å². The number of hydrogen-bond donors (Lipinski definition) is 3. The molecule has 2 rings (SSSR count). The third-order valence-corrected chi connectivity index (χ3v) is 2.84. The first-order valence-corrected chi connectivity index (χ1v) is 6.06. The largest absolute Gasteiger partial charge is 0.507 e. The molecule has 0 atom stereocenters. The number of para-hydroxylation sites is 2. The molecule has 20 heavy (non-hydrogen) atoms. The highest BCUT2D eigenvalue weighted by Gasteiger charge is 2.08. The number of nitrogens with zero attached hydrogens (tertiary/aromatic N) is 1. The maximum absolute atomic E-state index is 11.7. The summed E-state index contributed by atoms with van der Waals surface area (Å²) in [4.78, 5) is 11.7. The number of carbonyl (C=O) groups is 1. The van der Waals surface area contributed by atoms with Gasteiger partial charge >= 0.3 is 0 Å². The highest BCUT2D eigenvalue weighted by molar-refractivity contribution is 6.32. The van der Waals surface area contributed by atoms with Crippen molar-refractivity contribution >= 4 is 23.7 Å². The van der Waals surface area contributed by atoms with Gasteiger partial charge in [0.15, 0.2) is 0 Å². The van der Waals surface area contributed by atoms with Crippen LogP contribution >= 0.6 is 11.6 Å². The summed E-state index contributed by atoms with van der Waals surface area (Å²) in [5, 5.41) is 23.1. The maximum Gasteiger partial charge on any atom is 0.275 e. The van der Waals surface area contributed by atoms with Crippen LogP contribution in [0.2, 0.25) is 5.02 Å². The van der Waals surface area contributed by atoms with Crippen LogP contribution < -0.4 is 5.43 Å². The fraction of sp³-hybridized carbons (Fsp3) is 0. The fourth-order valence-electron chi connectivity index (χ4n) is 1.52. The van der Waals surface area contributed by atoms with E-state index in [1.54, 1.807) is 24.3 Å². The van der Waals surface area contributed by atoms with Crippen molar-refractivity contribution in [1.82, 2.24) is 5.43 Å². The van der Waals surface area contributed by atoms with Gasteiger partial charge in [0, 0.05) is 5.56 Å². The van der Waals surface area contributed by atoms with Gasteiger partial charge in [-0.2, -0.15) is 5.10 Å². The number of amides is 1. The molecule has 1 amide bonds. The normalized spacial score (nSPS) is 10.7. The first kappa shape index (κ1) is 13.9. The zero-order valence-corrected chi connectivity index (χ0v) is 11.0. The molecule has 0 saturated heterocycles. The summed E-state index contributed by atoms with van der Waals surface area (Å²) >= 11 is 5.74. The molecule has 5 nitrogen and oxygen atoms in total. The fourth-order valence-corrected chi connectivity index (χ4v) is 1.70. The Morgan fingerprint density at radius 3 is 2.65 bits per heavy atom. The SMILES string of the molecule is O=C(NN=Cc1cccc(Cl)c1O)c1ccccc1O. The number of hydrazone groups is 1. The molecule has 0 saturated carbocycles. The molecule has 2 aromatic carbocycles. The van der Waals surface area contributed by atoms with E-state index in [2.05, 4.69) is 10.5 Å². The average molecular weight is 291 g/mol. The predicted octanol–water partition coefficient (Wildman–Crippen LogP) is 2.52. The molecule has 0 radical (unpaired) electrons. The number of hydrogen-bond acceptors (Lipinski definition) is 4. The van der Waals surface area contributed by atoms with Crippen molar-refractivity contribution in [1.29, 1.82) is 0 Å². The van der Waals surface area contributed by atoms with E-state index >= 15 is 0 Å². The molecule has 0 unspecified atom stereocenters. The Balaban J connectivity index is 2.09. The summed E-state index contributed by atoms with van der Waals surface area (Å²) in [6.07, 6.45) is 1.26. The first-order valence-electron chi connectivity index (χ1n) is 5.68. The molecule has 0 aliphatic rings. The lowest BCUT2D eigenvalue weighted by molar-refractivity contribution is 0.0952. The van der Waals surface area contributed by atoms with E-state index in [0.717, 1.165) is 0 Å². The number of phenolic OH excluding ortho intramolecular Hbond substituents is 2. The van der Waals surface area contributed by atoms with Crippen LogP contribution in [0.15, 0.2) is 47.6 Å². The van der Waals surface area contributed by atoms with Crippen LogP contribution in [-0.4, -0.2) is 22.3 Å². The van der Waals surface area contributed by atoms with Crippen molar-refractivity contribution in [3.63, 3.8) is 0 Å².